The third kappa shape index (κ3) is 4.86. The summed E-state index contributed by atoms with van der Waals surface area (Å²) < 4.78 is 0. The Morgan fingerprint density at radius 2 is 2.15 bits per heavy atom. The Bertz CT molecular complexity index is 676. The highest BCUT2D eigenvalue weighted by atomic mass is 16.2. The predicted molar refractivity (Wildman–Crippen MR) is 103 cm³/mol. The normalized spacial score (nSPS) is 26.4. The summed E-state index contributed by atoms with van der Waals surface area (Å²) in [5.41, 5.74) is 1.13. The van der Waals surface area contributed by atoms with Crippen molar-refractivity contribution in [1.29, 1.82) is 0 Å². The molecule has 1 spiro atoms. The first-order valence-electron chi connectivity index (χ1n) is 10.3. The lowest BCUT2D eigenvalue weighted by Gasteiger charge is -2.48. The van der Waals surface area contributed by atoms with Gasteiger partial charge in [-0.1, -0.05) is 6.07 Å². The highest BCUT2D eigenvalue weighted by molar-refractivity contribution is 5.77. The number of pyridine rings is 1. The minimum Gasteiger partial charge on any atom is -0.353 e. The Morgan fingerprint density at radius 3 is 2.93 bits per heavy atom. The van der Waals surface area contributed by atoms with E-state index in [9.17, 15) is 9.59 Å². The van der Waals surface area contributed by atoms with Gasteiger partial charge in [0.1, 0.15) is 0 Å². The molecular weight excluding hydrogens is 340 g/mol. The molecule has 0 unspecified atom stereocenters. The van der Waals surface area contributed by atoms with Crippen LogP contribution in [-0.4, -0.2) is 58.8 Å². The average molecular weight is 370 g/mol. The molecule has 2 aliphatic heterocycles. The first-order valence-corrected chi connectivity index (χ1v) is 10.3. The van der Waals surface area contributed by atoms with Crippen molar-refractivity contribution in [3.8, 4) is 0 Å². The number of nitrogens with one attached hydrogen (secondary N) is 1. The molecule has 146 valence electrons. The second kappa shape index (κ2) is 7.97. The van der Waals surface area contributed by atoms with Crippen LogP contribution in [0.2, 0.25) is 0 Å². The van der Waals surface area contributed by atoms with Crippen molar-refractivity contribution < 1.29 is 9.59 Å². The topological polar surface area (TPSA) is 65.5 Å². The summed E-state index contributed by atoms with van der Waals surface area (Å²) in [5, 5.41) is 3.08. The molecule has 1 atom stereocenters. The fourth-order valence-corrected chi connectivity index (χ4v) is 4.55. The SMILES string of the molecule is O=C(CCN1CCC[C@]2(CCC(=O)N(Cc3ccccn3)C2)C1)NC1CC1. The van der Waals surface area contributed by atoms with Crippen LogP contribution in [0.3, 0.4) is 0 Å². The monoisotopic (exact) mass is 370 g/mol. The largest absolute Gasteiger partial charge is 0.353 e. The van der Waals surface area contributed by atoms with E-state index in [4.69, 9.17) is 0 Å². The van der Waals surface area contributed by atoms with Crippen LogP contribution < -0.4 is 5.32 Å². The van der Waals surface area contributed by atoms with Gasteiger partial charge in [0.15, 0.2) is 0 Å². The third-order valence-corrected chi connectivity index (χ3v) is 6.17. The van der Waals surface area contributed by atoms with E-state index in [0.717, 1.165) is 57.6 Å². The van der Waals surface area contributed by atoms with Gasteiger partial charge in [-0.15, -0.1) is 0 Å². The van der Waals surface area contributed by atoms with Gasteiger partial charge in [-0.2, -0.15) is 0 Å². The predicted octanol–water partition coefficient (Wildman–Crippen LogP) is 1.95. The molecule has 0 aromatic carbocycles. The fourth-order valence-electron chi connectivity index (χ4n) is 4.55. The molecular formula is C21H30N4O2. The molecule has 6 nitrogen and oxygen atoms in total. The van der Waals surface area contributed by atoms with Gasteiger partial charge in [-0.05, 0) is 50.8 Å². The maximum absolute atomic E-state index is 12.5. The van der Waals surface area contributed by atoms with E-state index in [2.05, 4.69) is 15.2 Å². The number of carbonyl (C=O) groups excluding carboxylic acids is 2. The molecule has 2 saturated heterocycles. The zero-order valence-corrected chi connectivity index (χ0v) is 16.0. The van der Waals surface area contributed by atoms with Crippen molar-refractivity contribution >= 4 is 11.8 Å². The Balaban J connectivity index is 1.33. The number of rotatable bonds is 6. The smallest absolute Gasteiger partial charge is 0.222 e. The maximum Gasteiger partial charge on any atom is 0.222 e. The van der Waals surface area contributed by atoms with E-state index < -0.39 is 0 Å². The lowest BCUT2D eigenvalue weighted by molar-refractivity contribution is -0.140. The van der Waals surface area contributed by atoms with Crippen molar-refractivity contribution in [3.63, 3.8) is 0 Å². The van der Waals surface area contributed by atoms with Gasteiger partial charge in [0, 0.05) is 50.1 Å². The first kappa shape index (κ1) is 18.4. The van der Waals surface area contributed by atoms with E-state index in [0.29, 0.717) is 25.4 Å². The number of likely N-dealkylation sites (tertiary alicyclic amines) is 2. The van der Waals surface area contributed by atoms with Gasteiger partial charge in [0.05, 0.1) is 12.2 Å². The highest BCUT2D eigenvalue weighted by Crippen LogP contribution is 2.39. The minimum absolute atomic E-state index is 0.175. The molecule has 3 aliphatic rings. The Morgan fingerprint density at radius 1 is 1.26 bits per heavy atom. The standard InChI is InChI=1S/C21H30N4O2/c26-19(23-17-5-6-17)8-13-24-12-3-9-21(15-24)10-7-20(27)25(16-21)14-18-4-1-2-11-22-18/h1-2,4,11,17H,3,5-10,12-16H2,(H,23,26)/t21-/m0/s1. The molecule has 2 amide bonds. The summed E-state index contributed by atoms with van der Waals surface area (Å²) in [6.07, 6.45) is 8.56. The van der Waals surface area contributed by atoms with Crippen LogP contribution in [0.25, 0.3) is 0 Å². The maximum atomic E-state index is 12.5. The van der Waals surface area contributed by atoms with Crippen LogP contribution in [0.5, 0.6) is 0 Å². The second-order valence-corrected chi connectivity index (χ2v) is 8.54. The van der Waals surface area contributed by atoms with Crippen molar-refractivity contribution in [2.24, 2.45) is 5.41 Å². The van der Waals surface area contributed by atoms with E-state index in [1.54, 1.807) is 6.20 Å². The lowest BCUT2D eigenvalue weighted by Crippen LogP contribution is -2.54. The molecule has 4 rings (SSSR count). The molecule has 6 heteroatoms. The fraction of sp³-hybridized carbons (Fsp3) is 0.667. The molecule has 0 bridgehead atoms. The summed E-state index contributed by atoms with van der Waals surface area (Å²) >= 11 is 0. The quantitative estimate of drug-likeness (QED) is 0.831. The molecule has 27 heavy (non-hydrogen) atoms. The van der Waals surface area contributed by atoms with Crippen LogP contribution in [-0.2, 0) is 16.1 Å². The van der Waals surface area contributed by atoms with E-state index >= 15 is 0 Å². The minimum atomic E-state index is 0.175. The van der Waals surface area contributed by atoms with Gasteiger partial charge < -0.3 is 15.1 Å². The molecule has 1 aliphatic carbocycles. The van der Waals surface area contributed by atoms with Gasteiger partial charge in [-0.25, -0.2) is 0 Å². The summed E-state index contributed by atoms with van der Waals surface area (Å²) in [5.74, 6) is 0.430. The summed E-state index contributed by atoms with van der Waals surface area (Å²) in [6.45, 7) is 4.30. The molecule has 3 heterocycles. The van der Waals surface area contributed by atoms with E-state index in [1.165, 1.54) is 6.42 Å². The van der Waals surface area contributed by atoms with E-state index in [-0.39, 0.29) is 17.2 Å². The molecule has 1 N–H and O–H groups in total. The number of carbonyl (C=O) groups is 2. The number of hydrogen-bond donors (Lipinski definition) is 1. The van der Waals surface area contributed by atoms with Gasteiger partial charge in [0.2, 0.25) is 11.8 Å². The van der Waals surface area contributed by atoms with Crippen molar-refractivity contribution in [2.45, 2.75) is 57.5 Å². The molecule has 1 aromatic rings. The first-order chi connectivity index (χ1) is 13.1. The van der Waals surface area contributed by atoms with Crippen LogP contribution >= 0.6 is 0 Å². The Labute approximate surface area is 161 Å². The zero-order valence-electron chi connectivity index (χ0n) is 16.0. The van der Waals surface area contributed by atoms with E-state index in [1.807, 2.05) is 23.1 Å². The van der Waals surface area contributed by atoms with Gasteiger partial charge in [0.25, 0.3) is 0 Å². The molecule has 1 saturated carbocycles. The number of amides is 2. The Hall–Kier alpha value is -1.95. The van der Waals surface area contributed by atoms with Crippen molar-refractivity contribution in [1.82, 2.24) is 20.1 Å². The zero-order chi connectivity index (χ0) is 18.7. The molecule has 1 aromatic heterocycles. The third-order valence-electron chi connectivity index (χ3n) is 6.17. The van der Waals surface area contributed by atoms with Gasteiger partial charge >= 0.3 is 0 Å². The van der Waals surface area contributed by atoms with Crippen LogP contribution in [0, 0.1) is 5.41 Å². The highest BCUT2D eigenvalue weighted by Gasteiger charge is 2.41. The lowest BCUT2D eigenvalue weighted by atomic mass is 9.73. The summed E-state index contributed by atoms with van der Waals surface area (Å²) in [4.78, 5) is 33.3. The average Bonchev–Trinajstić information content (AvgIpc) is 3.48. The molecule has 0 radical (unpaired) electrons. The van der Waals surface area contributed by atoms with Gasteiger partial charge in [-0.3, -0.25) is 14.6 Å². The summed E-state index contributed by atoms with van der Waals surface area (Å²) in [7, 11) is 0. The van der Waals surface area contributed by atoms with Crippen molar-refractivity contribution in [3.05, 3.63) is 30.1 Å². The number of aromatic nitrogens is 1. The number of hydrogen-bond acceptors (Lipinski definition) is 4. The summed E-state index contributed by atoms with van der Waals surface area (Å²) in [6, 6.07) is 6.30. The number of piperidine rings is 2. The van der Waals surface area contributed by atoms with Crippen LogP contribution in [0.1, 0.15) is 50.6 Å². The van der Waals surface area contributed by atoms with Crippen LogP contribution in [0.4, 0.5) is 0 Å². The van der Waals surface area contributed by atoms with Crippen LogP contribution in [0.15, 0.2) is 24.4 Å². The second-order valence-electron chi connectivity index (χ2n) is 8.54. The van der Waals surface area contributed by atoms with Crippen molar-refractivity contribution in [2.75, 3.05) is 26.2 Å². The number of nitrogens with zero attached hydrogens (tertiary/aromatic N) is 3. The Kier molecular flexibility index (Phi) is 5.43. The molecule has 3 fully saturated rings.